The molecule has 22 heavy (non-hydrogen) atoms. The first kappa shape index (κ1) is 13.7. The third-order valence-electron chi connectivity index (χ3n) is 4.39. The molecule has 1 saturated carbocycles. The number of fused-ring (bicyclic) bond motifs is 1. The third-order valence-corrected chi connectivity index (χ3v) is 4.39. The minimum atomic E-state index is 0.695. The molecule has 1 fully saturated rings. The summed E-state index contributed by atoms with van der Waals surface area (Å²) in [7, 11) is 0. The minimum Gasteiger partial charge on any atom is -0.363 e. The van der Waals surface area contributed by atoms with Crippen LogP contribution in [0.15, 0.2) is 18.3 Å². The summed E-state index contributed by atoms with van der Waals surface area (Å²) in [5, 5.41) is 11.5. The summed E-state index contributed by atoms with van der Waals surface area (Å²) < 4.78 is 2.29. The molecule has 0 aromatic carbocycles. The van der Waals surface area contributed by atoms with E-state index in [2.05, 4.69) is 31.2 Å². The van der Waals surface area contributed by atoms with Crippen molar-refractivity contribution in [3.63, 3.8) is 0 Å². The van der Waals surface area contributed by atoms with Crippen molar-refractivity contribution in [1.29, 1.82) is 0 Å². The lowest BCUT2D eigenvalue weighted by Gasteiger charge is -2.27. The van der Waals surface area contributed by atoms with E-state index in [9.17, 15) is 0 Å². The predicted octanol–water partition coefficient (Wildman–Crippen LogP) is 1.82. The average Bonchev–Trinajstić information content (AvgIpc) is 3.24. The first-order chi connectivity index (χ1) is 10.8. The Kier molecular flexibility index (Phi) is 3.54. The van der Waals surface area contributed by atoms with Gasteiger partial charge in [0.05, 0.1) is 24.5 Å². The van der Waals surface area contributed by atoms with Crippen LogP contribution in [0.5, 0.6) is 0 Å². The van der Waals surface area contributed by atoms with E-state index in [1.54, 1.807) is 0 Å². The number of nitrogens with one attached hydrogen (secondary N) is 1. The van der Waals surface area contributed by atoms with Crippen LogP contribution in [0.1, 0.15) is 30.1 Å². The summed E-state index contributed by atoms with van der Waals surface area (Å²) in [6, 6.07) is 3.92. The number of nitrogens with zero attached hydrogens (tertiary/aromatic N) is 5. The van der Waals surface area contributed by atoms with E-state index in [1.165, 1.54) is 25.2 Å². The fourth-order valence-electron chi connectivity index (χ4n) is 2.94. The molecule has 1 aliphatic carbocycles. The predicted molar refractivity (Wildman–Crippen MR) is 84.3 cm³/mol. The monoisotopic (exact) mass is 298 g/mol. The third kappa shape index (κ3) is 3.11. The largest absolute Gasteiger partial charge is 0.363 e. The lowest BCUT2D eigenvalue weighted by molar-refractivity contribution is 0.209. The standard InChI is InChI=1S/C16H22N6/c1-12-2-5-15(20-19-12)17-8-14-10-22-7-6-21(9-13-3-4-13)11-16(22)18-14/h2,5,10,13H,3-4,6-9,11H2,1H3,(H,17,20). The van der Waals surface area contributed by atoms with Crippen LogP contribution in [-0.2, 0) is 19.6 Å². The van der Waals surface area contributed by atoms with E-state index >= 15 is 0 Å². The van der Waals surface area contributed by atoms with Gasteiger partial charge in [0, 0.05) is 25.8 Å². The van der Waals surface area contributed by atoms with Crippen molar-refractivity contribution < 1.29 is 0 Å². The van der Waals surface area contributed by atoms with Crippen LogP contribution < -0.4 is 5.32 Å². The second-order valence-corrected chi connectivity index (χ2v) is 6.43. The molecule has 3 heterocycles. The maximum absolute atomic E-state index is 4.77. The molecule has 0 bridgehead atoms. The molecule has 0 spiro atoms. The Morgan fingerprint density at radius 2 is 2.14 bits per heavy atom. The van der Waals surface area contributed by atoms with E-state index in [-0.39, 0.29) is 0 Å². The molecule has 0 radical (unpaired) electrons. The number of aryl methyl sites for hydroxylation is 1. The van der Waals surface area contributed by atoms with Crippen molar-refractivity contribution in [1.82, 2.24) is 24.6 Å². The Balaban J connectivity index is 1.37. The average molecular weight is 298 g/mol. The fourth-order valence-corrected chi connectivity index (χ4v) is 2.94. The number of imidazole rings is 1. The quantitative estimate of drug-likeness (QED) is 0.912. The van der Waals surface area contributed by atoms with E-state index < -0.39 is 0 Å². The molecule has 4 rings (SSSR count). The Labute approximate surface area is 130 Å². The first-order valence-electron chi connectivity index (χ1n) is 8.08. The van der Waals surface area contributed by atoms with Crippen LogP contribution in [-0.4, -0.2) is 37.7 Å². The van der Waals surface area contributed by atoms with Crippen LogP contribution in [0.3, 0.4) is 0 Å². The summed E-state index contributed by atoms with van der Waals surface area (Å²) in [5.74, 6) is 2.94. The molecule has 2 aromatic heterocycles. The summed E-state index contributed by atoms with van der Waals surface area (Å²) in [6.07, 6.45) is 4.99. The topological polar surface area (TPSA) is 58.9 Å². The molecule has 2 aromatic rings. The van der Waals surface area contributed by atoms with Crippen molar-refractivity contribution >= 4 is 5.82 Å². The van der Waals surface area contributed by atoms with Gasteiger partial charge in [0.1, 0.15) is 11.6 Å². The molecular weight excluding hydrogens is 276 g/mol. The molecule has 0 atom stereocenters. The van der Waals surface area contributed by atoms with Crippen LogP contribution in [0.2, 0.25) is 0 Å². The smallest absolute Gasteiger partial charge is 0.148 e. The van der Waals surface area contributed by atoms with Gasteiger partial charge in [-0.15, -0.1) is 5.10 Å². The molecule has 0 amide bonds. The lowest BCUT2D eigenvalue weighted by Crippen LogP contribution is -2.34. The second-order valence-electron chi connectivity index (χ2n) is 6.43. The maximum Gasteiger partial charge on any atom is 0.148 e. The van der Waals surface area contributed by atoms with Crippen molar-refractivity contribution in [2.45, 2.75) is 39.4 Å². The van der Waals surface area contributed by atoms with Gasteiger partial charge in [-0.3, -0.25) is 4.90 Å². The number of rotatable bonds is 5. The zero-order valence-corrected chi connectivity index (χ0v) is 13.0. The first-order valence-corrected chi connectivity index (χ1v) is 8.08. The van der Waals surface area contributed by atoms with Crippen LogP contribution in [0, 0.1) is 12.8 Å². The highest BCUT2D eigenvalue weighted by Gasteiger charge is 2.26. The fraction of sp³-hybridized carbons (Fsp3) is 0.562. The maximum atomic E-state index is 4.77. The summed E-state index contributed by atoms with van der Waals surface area (Å²) in [6.45, 7) is 7.07. The van der Waals surface area contributed by atoms with Gasteiger partial charge in [-0.05, 0) is 37.8 Å². The van der Waals surface area contributed by atoms with Crippen molar-refractivity contribution in [2.24, 2.45) is 5.92 Å². The van der Waals surface area contributed by atoms with Gasteiger partial charge in [0.2, 0.25) is 0 Å². The van der Waals surface area contributed by atoms with Crippen molar-refractivity contribution in [2.75, 3.05) is 18.4 Å². The molecule has 1 N–H and O–H groups in total. The van der Waals surface area contributed by atoms with Crippen molar-refractivity contribution in [3.05, 3.63) is 35.5 Å². The van der Waals surface area contributed by atoms with Gasteiger partial charge in [-0.2, -0.15) is 5.10 Å². The molecule has 1 aliphatic heterocycles. The van der Waals surface area contributed by atoms with Gasteiger partial charge < -0.3 is 9.88 Å². The molecule has 116 valence electrons. The molecule has 6 heteroatoms. The van der Waals surface area contributed by atoms with Gasteiger partial charge in [0.25, 0.3) is 0 Å². The van der Waals surface area contributed by atoms with E-state index in [0.717, 1.165) is 42.8 Å². The molecule has 6 nitrogen and oxygen atoms in total. The zero-order chi connectivity index (χ0) is 14.9. The highest BCUT2D eigenvalue weighted by molar-refractivity contribution is 5.33. The molecule has 0 unspecified atom stereocenters. The normalized spacial score (nSPS) is 18.2. The molecule has 0 saturated heterocycles. The molecular formula is C16H22N6. The second kappa shape index (κ2) is 5.68. The summed E-state index contributed by atoms with van der Waals surface area (Å²) in [5.41, 5.74) is 2.00. The van der Waals surface area contributed by atoms with Gasteiger partial charge >= 0.3 is 0 Å². The highest BCUT2D eigenvalue weighted by atomic mass is 15.2. The van der Waals surface area contributed by atoms with Gasteiger partial charge in [-0.25, -0.2) is 4.98 Å². The Hall–Kier alpha value is -1.95. The number of hydrogen-bond donors (Lipinski definition) is 1. The minimum absolute atomic E-state index is 0.695. The van der Waals surface area contributed by atoms with Gasteiger partial charge in [0.15, 0.2) is 0 Å². The molecule has 2 aliphatic rings. The number of hydrogen-bond acceptors (Lipinski definition) is 5. The zero-order valence-electron chi connectivity index (χ0n) is 13.0. The number of anilines is 1. The van der Waals surface area contributed by atoms with Crippen LogP contribution in [0.25, 0.3) is 0 Å². The SMILES string of the molecule is Cc1ccc(NCc2cn3c(n2)CN(CC2CC2)CC3)nn1. The lowest BCUT2D eigenvalue weighted by atomic mass is 10.3. The Bertz CT molecular complexity index is 643. The Morgan fingerprint density at radius 1 is 1.23 bits per heavy atom. The summed E-state index contributed by atoms with van der Waals surface area (Å²) in [4.78, 5) is 7.32. The van der Waals surface area contributed by atoms with E-state index in [4.69, 9.17) is 4.98 Å². The van der Waals surface area contributed by atoms with Gasteiger partial charge in [-0.1, -0.05) is 0 Å². The van der Waals surface area contributed by atoms with Crippen LogP contribution in [0.4, 0.5) is 5.82 Å². The Morgan fingerprint density at radius 3 is 2.91 bits per heavy atom. The number of aromatic nitrogens is 4. The summed E-state index contributed by atoms with van der Waals surface area (Å²) >= 11 is 0. The van der Waals surface area contributed by atoms with E-state index in [0.29, 0.717) is 6.54 Å². The van der Waals surface area contributed by atoms with Crippen LogP contribution >= 0.6 is 0 Å². The van der Waals surface area contributed by atoms with E-state index in [1.807, 2.05) is 19.1 Å². The van der Waals surface area contributed by atoms with Crippen molar-refractivity contribution in [3.8, 4) is 0 Å². The highest BCUT2D eigenvalue weighted by Crippen LogP contribution is 2.30.